The molecule has 1 aliphatic heterocycles. The zero-order valence-electron chi connectivity index (χ0n) is 8.42. The molecule has 0 aromatic carbocycles. The van der Waals surface area contributed by atoms with Crippen molar-refractivity contribution in [2.75, 3.05) is 13.1 Å². The van der Waals surface area contributed by atoms with E-state index >= 15 is 0 Å². The van der Waals surface area contributed by atoms with Crippen molar-refractivity contribution in [3.8, 4) is 0 Å². The van der Waals surface area contributed by atoms with Gasteiger partial charge in [0.15, 0.2) is 0 Å². The predicted molar refractivity (Wildman–Crippen MR) is 51.6 cm³/mol. The van der Waals surface area contributed by atoms with Crippen LogP contribution in [0.15, 0.2) is 0 Å². The van der Waals surface area contributed by atoms with Crippen LogP contribution in [0.5, 0.6) is 0 Å². The fraction of sp³-hybridized carbons (Fsp3) is 0.900. The third-order valence-electron chi connectivity index (χ3n) is 2.72. The summed E-state index contributed by atoms with van der Waals surface area (Å²) in [5.74, 6) is 0.165. The van der Waals surface area contributed by atoms with Gasteiger partial charge in [-0.05, 0) is 31.2 Å². The Bertz CT molecular complexity index is 180. The zero-order chi connectivity index (χ0) is 9.84. The van der Waals surface area contributed by atoms with E-state index < -0.39 is 5.97 Å². The molecular formula is C10H19NO2. The first-order chi connectivity index (χ1) is 6.11. The van der Waals surface area contributed by atoms with Crippen molar-refractivity contribution in [2.24, 2.45) is 17.8 Å². The minimum Gasteiger partial charge on any atom is -0.481 e. The standard InChI is InChI=1S/C10H19NO2/c1-7(2)5-8-3-4-11-6-9(8)10(12)13/h7-9,11H,3-6H2,1-2H3,(H,12,13). The van der Waals surface area contributed by atoms with E-state index in [1.807, 2.05) is 0 Å². The van der Waals surface area contributed by atoms with E-state index in [-0.39, 0.29) is 5.92 Å². The highest BCUT2D eigenvalue weighted by atomic mass is 16.4. The van der Waals surface area contributed by atoms with Crippen LogP contribution in [-0.4, -0.2) is 24.2 Å². The van der Waals surface area contributed by atoms with Crippen LogP contribution in [0, 0.1) is 17.8 Å². The van der Waals surface area contributed by atoms with Gasteiger partial charge < -0.3 is 10.4 Å². The van der Waals surface area contributed by atoms with Crippen LogP contribution in [0.1, 0.15) is 26.7 Å². The molecule has 0 aromatic rings. The Morgan fingerprint density at radius 1 is 1.62 bits per heavy atom. The Kier molecular flexibility index (Phi) is 3.72. The van der Waals surface area contributed by atoms with E-state index in [4.69, 9.17) is 5.11 Å². The Morgan fingerprint density at radius 3 is 2.85 bits per heavy atom. The summed E-state index contributed by atoms with van der Waals surface area (Å²) in [6, 6.07) is 0. The second-order valence-electron chi connectivity index (χ2n) is 4.33. The molecule has 0 amide bonds. The number of nitrogens with one attached hydrogen (secondary N) is 1. The van der Waals surface area contributed by atoms with Gasteiger partial charge in [-0.2, -0.15) is 0 Å². The van der Waals surface area contributed by atoms with Gasteiger partial charge in [0.1, 0.15) is 0 Å². The third-order valence-corrected chi connectivity index (χ3v) is 2.72. The highest BCUT2D eigenvalue weighted by Gasteiger charge is 2.30. The molecule has 2 unspecified atom stereocenters. The molecule has 13 heavy (non-hydrogen) atoms. The molecule has 3 heteroatoms. The summed E-state index contributed by atoms with van der Waals surface area (Å²) in [7, 11) is 0. The van der Waals surface area contributed by atoms with Gasteiger partial charge in [-0.15, -0.1) is 0 Å². The summed E-state index contributed by atoms with van der Waals surface area (Å²) in [5, 5.41) is 12.1. The summed E-state index contributed by atoms with van der Waals surface area (Å²) >= 11 is 0. The molecule has 3 nitrogen and oxygen atoms in total. The topological polar surface area (TPSA) is 49.3 Å². The number of carboxylic acid groups (broad SMARTS) is 1. The van der Waals surface area contributed by atoms with Gasteiger partial charge in [-0.1, -0.05) is 13.8 Å². The molecule has 1 rings (SSSR count). The maximum atomic E-state index is 10.9. The molecule has 0 saturated carbocycles. The molecule has 0 aromatic heterocycles. The summed E-state index contributed by atoms with van der Waals surface area (Å²) in [6.07, 6.45) is 2.05. The van der Waals surface area contributed by atoms with Crippen LogP contribution < -0.4 is 5.32 Å². The SMILES string of the molecule is CC(C)CC1CCNCC1C(=O)O. The summed E-state index contributed by atoms with van der Waals surface area (Å²) in [5.41, 5.74) is 0. The molecule has 76 valence electrons. The first-order valence-electron chi connectivity index (χ1n) is 5.04. The lowest BCUT2D eigenvalue weighted by molar-refractivity contribution is -0.144. The van der Waals surface area contributed by atoms with Crippen LogP contribution in [0.25, 0.3) is 0 Å². The maximum absolute atomic E-state index is 10.9. The van der Waals surface area contributed by atoms with Crippen molar-refractivity contribution in [3.05, 3.63) is 0 Å². The van der Waals surface area contributed by atoms with Crippen molar-refractivity contribution in [1.82, 2.24) is 5.32 Å². The number of carboxylic acids is 1. The second kappa shape index (κ2) is 4.61. The van der Waals surface area contributed by atoms with Crippen molar-refractivity contribution in [1.29, 1.82) is 0 Å². The Hall–Kier alpha value is -0.570. The fourth-order valence-electron chi connectivity index (χ4n) is 2.09. The summed E-state index contributed by atoms with van der Waals surface area (Å²) in [4.78, 5) is 10.9. The van der Waals surface area contributed by atoms with Crippen LogP contribution in [-0.2, 0) is 4.79 Å². The number of carbonyl (C=O) groups is 1. The lowest BCUT2D eigenvalue weighted by Gasteiger charge is -2.30. The van der Waals surface area contributed by atoms with E-state index in [9.17, 15) is 4.79 Å². The largest absolute Gasteiger partial charge is 0.481 e. The fourth-order valence-corrected chi connectivity index (χ4v) is 2.09. The number of hydrogen-bond acceptors (Lipinski definition) is 2. The maximum Gasteiger partial charge on any atom is 0.308 e. The zero-order valence-corrected chi connectivity index (χ0v) is 8.42. The van der Waals surface area contributed by atoms with Crippen molar-refractivity contribution in [2.45, 2.75) is 26.7 Å². The quantitative estimate of drug-likeness (QED) is 0.697. The highest BCUT2D eigenvalue weighted by molar-refractivity contribution is 5.70. The molecule has 1 fully saturated rings. The minimum atomic E-state index is -0.641. The summed E-state index contributed by atoms with van der Waals surface area (Å²) < 4.78 is 0. The van der Waals surface area contributed by atoms with Gasteiger partial charge in [0.05, 0.1) is 5.92 Å². The monoisotopic (exact) mass is 185 g/mol. The number of piperidine rings is 1. The van der Waals surface area contributed by atoms with E-state index in [0.29, 0.717) is 18.4 Å². The molecule has 1 saturated heterocycles. The smallest absolute Gasteiger partial charge is 0.308 e. The molecule has 2 atom stereocenters. The molecule has 0 radical (unpaired) electrons. The molecule has 2 N–H and O–H groups in total. The average molecular weight is 185 g/mol. The molecule has 0 spiro atoms. The first-order valence-corrected chi connectivity index (χ1v) is 5.04. The van der Waals surface area contributed by atoms with Gasteiger partial charge in [0.25, 0.3) is 0 Å². The Balaban J connectivity index is 2.51. The van der Waals surface area contributed by atoms with Gasteiger partial charge >= 0.3 is 5.97 Å². The number of rotatable bonds is 3. The molecule has 0 aliphatic carbocycles. The van der Waals surface area contributed by atoms with Gasteiger partial charge in [0.2, 0.25) is 0 Å². The highest BCUT2D eigenvalue weighted by Crippen LogP contribution is 2.26. The van der Waals surface area contributed by atoms with Gasteiger partial charge in [-0.25, -0.2) is 0 Å². The Morgan fingerprint density at radius 2 is 2.31 bits per heavy atom. The molecule has 1 aliphatic rings. The van der Waals surface area contributed by atoms with Gasteiger partial charge in [-0.3, -0.25) is 4.79 Å². The Labute approximate surface area is 79.5 Å². The molecular weight excluding hydrogens is 166 g/mol. The van der Waals surface area contributed by atoms with Crippen molar-refractivity contribution < 1.29 is 9.90 Å². The lowest BCUT2D eigenvalue weighted by atomic mass is 9.81. The number of aliphatic carboxylic acids is 1. The molecule has 1 heterocycles. The third kappa shape index (κ3) is 2.99. The number of hydrogen-bond donors (Lipinski definition) is 2. The van der Waals surface area contributed by atoms with E-state index in [2.05, 4.69) is 19.2 Å². The first kappa shape index (κ1) is 10.5. The lowest BCUT2D eigenvalue weighted by Crippen LogP contribution is -2.41. The van der Waals surface area contributed by atoms with Crippen LogP contribution in [0.2, 0.25) is 0 Å². The van der Waals surface area contributed by atoms with E-state index in [0.717, 1.165) is 19.4 Å². The van der Waals surface area contributed by atoms with Crippen LogP contribution in [0.4, 0.5) is 0 Å². The summed E-state index contributed by atoms with van der Waals surface area (Å²) in [6.45, 7) is 5.93. The second-order valence-corrected chi connectivity index (χ2v) is 4.33. The average Bonchev–Trinajstić information content (AvgIpc) is 2.03. The minimum absolute atomic E-state index is 0.170. The van der Waals surface area contributed by atoms with Crippen LogP contribution >= 0.6 is 0 Å². The molecule has 0 bridgehead atoms. The van der Waals surface area contributed by atoms with Gasteiger partial charge in [0, 0.05) is 6.54 Å². The van der Waals surface area contributed by atoms with Crippen molar-refractivity contribution in [3.63, 3.8) is 0 Å². The van der Waals surface area contributed by atoms with E-state index in [1.165, 1.54) is 0 Å². The van der Waals surface area contributed by atoms with Crippen molar-refractivity contribution >= 4 is 5.97 Å². The normalized spacial score (nSPS) is 29.2. The van der Waals surface area contributed by atoms with Crippen LogP contribution in [0.3, 0.4) is 0 Å². The predicted octanol–water partition coefficient (Wildman–Crippen LogP) is 1.34. The van der Waals surface area contributed by atoms with E-state index in [1.54, 1.807) is 0 Å².